The Bertz CT molecular complexity index is 860. The number of amides is 1. The van der Waals surface area contributed by atoms with Gasteiger partial charge in [-0.2, -0.15) is 0 Å². The normalized spacial score (nSPS) is 9.91. The number of pyridine rings is 1. The average Bonchev–Trinajstić information content (AvgIpc) is 3.05. The van der Waals surface area contributed by atoms with Crippen LogP contribution >= 0.6 is 0 Å². The summed E-state index contributed by atoms with van der Waals surface area (Å²) in [6, 6.07) is 13.3. The summed E-state index contributed by atoms with van der Waals surface area (Å²) < 4.78 is 5.09. The van der Waals surface area contributed by atoms with E-state index >= 15 is 0 Å². The van der Waals surface area contributed by atoms with Gasteiger partial charge in [0, 0.05) is 18.0 Å². The van der Waals surface area contributed by atoms with Crippen LogP contribution < -0.4 is 5.32 Å². The largest absolute Gasteiger partial charge is 0.445 e. The maximum Gasteiger partial charge on any atom is 0.408 e. The highest BCUT2D eigenvalue weighted by atomic mass is 16.5. The van der Waals surface area contributed by atoms with Crippen LogP contribution in [0.1, 0.15) is 11.1 Å². The number of aromatic nitrogens is 2. The monoisotopic (exact) mass is 305 g/mol. The molecule has 0 saturated carbocycles. The molecule has 0 unspecified atom stereocenters. The molecule has 0 aliphatic carbocycles. The summed E-state index contributed by atoms with van der Waals surface area (Å²) in [5.41, 5.74) is 3.57. The molecule has 2 N–H and O–H groups in total. The smallest absolute Gasteiger partial charge is 0.408 e. The lowest BCUT2D eigenvalue weighted by molar-refractivity contribution is 0.141. The molecule has 5 nitrogen and oxygen atoms in total. The van der Waals surface area contributed by atoms with E-state index < -0.39 is 6.09 Å². The van der Waals surface area contributed by atoms with Gasteiger partial charge in [0.1, 0.15) is 6.61 Å². The van der Waals surface area contributed by atoms with Gasteiger partial charge in [-0.15, -0.1) is 0 Å². The zero-order chi connectivity index (χ0) is 15.9. The molecular formula is C18H15N3O2. The minimum atomic E-state index is -0.485. The Hall–Kier alpha value is -3.26. The predicted octanol–water partition coefficient (Wildman–Crippen LogP) is 2.84. The van der Waals surface area contributed by atoms with E-state index in [9.17, 15) is 4.79 Å². The molecule has 0 bridgehead atoms. The Balaban J connectivity index is 1.46. The lowest BCUT2D eigenvalue weighted by Gasteiger charge is -2.04. The molecule has 2 heterocycles. The Morgan fingerprint density at radius 2 is 2.13 bits per heavy atom. The molecule has 23 heavy (non-hydrogen) atoms. The zero-order valence-corrected chi connectivity index (χ0v) is 12.4. The van der Waals surface area contributed by atoms with Gasteiger partial charge in [-0.25, -0.2) is 4.79 Å². The Labute approximate surface area is 133 Å². The SMILES string of the molecule is O=C(NCC#Cc1cnc2cc[nH]c2c1)OCc1ccccc1. The van der Waals surface area contributed by atoms with Crippen molar-refractivity contribution in [1.82, 2.24) is 15.3 Å². The molecule has 0 spiro atoms. The molecule has 1 amide bonds. The van der Waals surface area contributed by atoms with E-state index in [2.05, 4.69) is 27.1 Å². The second-order valence-corrected chi connectivity index (χ2v) is 4.85. The van der Waals surface area contributed by atoms with Crippen LogP contribution in [-0.4, -0.2) is 22.6 Å². The van der Waals surface area contributed by atoms with Crippen molar-refractivity contribution in [2.45, 2.75) is 6.61 Å². The fourth-order valence-corrected chi connectivity index (χ4v) is 2.04. The van der Waals surface area contributed by atoms with Crippen LogP contribution in [0.4, 0.5) is 4.79 Å². The first-order chi connectivity index (χ1) is 11.3. The van der Waals surface area contributed by atoms with Gasteiger partial charge in [0.2, 0.25) is 0 Å². The van der Waals surface area contributed by atoms with Crippen LogP contribution in [0, 0.1) is 11.8 Å². The fourth-order valence-electron chi connectivity index (χ4n) is 2.04. The molecule has 0 aliphatic heterocycles. The topological polar surface area (TPSA) is 67.0 Å². The van der Waals surface area contributed by atoms with Crippen molar-refractivity contribution in [3.8, 4) is 11.8 Å². The van der Waals surface area contributed by atoms with E-state index in [-0.39, 0.29) is 13.2 Å². The summed E-state index contributed by atoms with van der Waals surface area (Å²) in [7, 11) is 0. The standard InChI is InChI=1S/C18H15N3O2/c22-18(23-13-14-5-2-1-3-6-14)20-9-4-7-15-11-17-16(21-12-15)8-10-19-17/h1-3,5-6,8,10-12,19H,9,13H2,(H,20,22). The van der Waals surface area contributed by atoms with Crippen molar-refractivity contribution in [2.24, 2.45) is 0 Å². The minimum absolute atomic E-state index is 0.219. The quantitative estimate of drug-likeness (QED) is 0.731. The number of carbonyl (C=O) groups is 1. The van der Waals surface area contributed by atoms with Gasteiger partial charge in [-0.05, 0) is 17.7 Å². The molecule has 3 rings (SSSR count). The molecule has 0 atom stereocenters. The van der Waals surface area contributed by atoms with Crippen LogP contribution in [0.3, 0.4) is 0 Å². The summed E-state index contributed by atoms with van der Waals surface area (Å²) in [6.07, 6.45) is 3.05. The summed E-state index contributed by atoms with van der Waals surface area (Å²) in [5, 5.41) is 2.59. The number of alkyl carbamates (subject to hydrolysis) is 1. The lowest BCUT2D eigenvalue weighted by atomic mass is 10.2. The van der Waals surface area contributed by atoms with Crippen molar-refractivity contribution >= 4 is 17.1 Å². The number of benzene rings is 1. The molecule has 1 aromatic carbocycles. The van der Waals surface area contributed by atoms with Gasteiger partial charge >= 0.3 is 6.09 Å². The summed E-state index contributed by atoms with van der Waals surface area (Å²) >= 11 is 0. The van der Waals surface area contributed by atoms with Crippen LogP contribution in [0.15, 0.2) is 54.9 Å². The number of hydrogen-bond donors (Lipinski definition) is 2. The summed E-state index contributed by atoms with van der Waals surface area (Å²) in [4.78, 5) is 18.9. The van der Waals surface area contributed by atoms with Crippen LogP contribution in [0.2, 0.25) is 0 Å². The van der Waals surface area contributed by atoms with E-state index in [4.69, 9.17) is 4.74 Å². The molecule has 0 fully saturated rings. The highest BCUT2D eigenvalue weighted by molar-refractivity contribution is 5.76. The Morgan fingerprint density at radius 3 is 3.00 bits per heavy atom. The first-order valence-corrected chi connectivity index (χ1v) is 7.18. The molecule has 0 saturated heterocycles. The molecule has 0 aliphatic rings. The predicted molar refractivity (Wildman–Crippen MR) is 87.6 cm³/mol. The number of ether oxygens (including phenoxy) is 1. The molecule has 5 heteroatoms. The van der Waals surface area contributed by atoms with Crippen molar-refractivity contribution in [1.29, 1.82) is 0 Å². The van der Waals surface area contributed by atoms with Crippen LogP contribution in [0.25, 0.3) is 11.0 Å². The third-order valence-corrected chi connectivity index (χ3v) is 3.17. The lowest BCUT2D eigenvalue weighted by Crippen LogP contribution is -2.24. The third-order valence-electron chi connectivity index (χ3n) is 3.17. The number of aromatic amines is 1. The molecule has 0 radical (unpaired) electrons. The minimum Gasteiger partial charge on any atom is -0.445 e. The number of rotatable bonds is 3. The molecule has 114 valence electrons. The van der Waals surface area contributed by atoms with Crippen LogP contribution in [0.5, 0.6) is 0 Å². The number of nitrogens with zero attached hydrogens (tertiary/aromatic N) is 1. The molecular weight excluding hydrogens is 290 g/mol. The van der Waals surface area contributed by atoms with Gasteiger partial charge in [0.15, 0.2) is 0 Å². The van der Waals surface area contributed by atoms with E-state index in [1.165, 1.54) is 0 Å². The zero-order valence-electron chi connectivity index (χ0n) is 12.4. The molecule has 2 aromatic heterocycles. The maximum absolute atomic E-state index is 11.5. The fraction of sp³-hybridized carbons (Fsp3) is 0.111. The second-order valence-electron chi connectivity index (χ2n) is 4.85. The molecule has 3 aromatic rings. The average molecular weight is 305 g/mol. The van der Waals surface area contributed by atoms with Crippen molar-refractivity contribution < 1.29 is 9.53 Å². The first kappa shape index (κ1) is 14.7. The Kier molecular flexibility index (Phi) is 4.55. The summed E-state index contributed by atoms with van der Waals surface area (Å²) in [6.45, 7) is 0.462. The van der Waals surface area contributed by atoms with Gasteiger partial charge in [-0.3, -0.25) is 4.98 Å². The van der Waals surface area contributed by atoms with Gasteiger partial charge in [-0.1, -0.05) is 42.2 Å². The third kappa shape index (κ3) is 4.11. The first-order valence-electron chi connectivity index (χ1n) is 7.18. The van der Waals surface area contributed by atoms with Gasteiger partial charge in [0.25, 0.3) is 0 Å². The second kappa shape index (κ2) is 7.14. The Morgan fingerprint density at radius 1 is 1.26 bits per heavy atom. The highest BCUT2D eigenvalue weighted by Gasteiger charge is 2.00. The van der Waals surface area contributed by atoms with Crippen LogP contribution in [-0.2, 0) is 11.3 Å². The van der Waals surface area contributed by atoms with Gasteiger partial charge < -0.3 is 15.0 Å². The van der Waals surface area contributed by atoms with E-state index in [1.807, 2.05) is 48.7 Å². The van der Waals surface area contributed by atoms with Crippen molar-refractivity contribution in [3.63, 3.8) is 0 Å². The van der Waals surface area contributed by atoms with E-state index in [0.29, 0.717) is 0 Å². The van der Waals surface area contributed by atoms with E-state index in [0.717, 1.165) is 22.2 Å². The number of hydrogen-bond acceptors (Lipinski definition) is 3. The number of H-pyrrole nitrogens is 1. The highest BCUT2D eigenvalue weighted by Crippen LogP contribution is 2.09. The van der Waals surface area contributed by atoms with Crippen molar-refractivity contribution in [2.75, 3.05) is 6.54 Å². The maximum atomic E-state index is 11.5. The van der Waals surface area contributed by atoms with Crippen molar-refractivity contribution in [3.05, 3.63) is 66.0 Å². The number of nitrogens with one attached hydrogen (secondary N) is 2. The van der Waals surface area contributed by atoms with Gasteiger partial charge in [0.05, 0.1) is 17.6 Å². The number of fused-ring (bicyclic) bond motifs is 1. The number of carbonyl (C=O) groups excluding carboxylic acids is 1. The van der Waals surface area contributed by atoms with E-state index in [1.54, 1.807) is 6.20 Å². The summed E-state index contributed by atoms with van der Waals surface area (Å²) in [5.74, 6) is 5.82.